The molecule has 9 nitrogen and oxygen atoms in total. The van der Waals surface area contributed by atoms with Crippen LogP contribution in [0.25, 0.3) is 11.5 Å². The number of sulfone groups is 1. The highest BCUT2D eigenvalue weighted by Crippen LogP contribution is 2.33. The van der Waals surface area contributed by atoms with Crippen molar-refractivity contribution in [3.8, 4) is 23.0 Å². The molecule has 3 aromatic rings. The van der Waals surface area contributed by atoms with Crippen molar-refractivity contribution >= 4 is 21.8 Å². The van der Waals surface area contributed by atoms with Crippen molar-refractivity contribution in [2.45, 2.75) is 11.8 Å². The summed E-state index contributed by atoms with van der Waals surface area (Å²) < 4.78 is 40.6. The third kappa shape index (κ3) is 4.72. The number of hydrogen-bond donors (Lipinski definition) is 1. The van der Waals surface area contributed by atoms with Crippen LogP contribution in [0.3, 0.4) is 0 Å². The topological polar surface area (TPSA) is 121 Å². The molecular formula is C19H19N3O6S. The Morgan fingerprint density at radius 3 is 2.45 bits per heavy atom. The van der Waals surface area contributed by atoms with Gasteiger partial charge in [0.15, 0.2) is 9.84 Å². The lowest BCUT2D eigenvalue weighted by Crippen LogP contribution is -2.23. The van der Waals surface area contributed by atoms with Crippen LogP contribution in [-0.4, -0.2) is 44.5 Å². The molecule has 0 atom stereocenters. The van der Waals surface area contributed by atoms with Crippen LogP contribution in [0.15, 0.2) is 51.8 Å². The fourth-order valence-corrected chi connectivity index (χ4v) is 3.66. The molecule has 0 radical (unpaired) electrons. The van der Waals surface area contributed by atoms with E-state index in [0.29, 0.717) is 17.1 Å². The van der Waals surface area contributed by atoms with Gasteiger partial charge in [0, 0.05) is 0 Å². The van der Waals surface area contributed by atoms with Gasteiger partial charge in [0.05, 0.1) is 24.7 Å². The first-order valence-electron chi connectivity index (χ1n) is 8.47. The van der Waals surface area contributed by atoms with Crippen LogP contribution in [0.4, 0.5) is 6.01 Å². The minimum atomic E-state index is -3.80. The van der Waals surface area contributed by atoms with Gasteiger partial charge in [-0.1, -0.05) is 22.8 Å². The first-order chi connectivity index (χ1) is 13.8. The van der Waals surface area contributed by atoms with E-state index in [-0.39, 0.29) is 16.8 Å². The highest BCUT2D eigenvalue weighted by molar-refractivity contribution is 7.92. The minimum absolute atomic E-state index is 0.0607. The number of hydrogen-bond acceptors (Lipinski definition) is 8. The average molecular weight is 417 g/mol. The van der Waals surface area contributed by atoms with Gasteiger partial charge in [-0.3, -0.25) is 10.1 Å². The Bertz CT molecular complexity index is 1120. The predicted molar refractivity (Wildman–Crippen MR) is 105 cm³/mol. The van der Waals surface area contributed by atoms with E-state index in [1.165, 1.54) is 26.4 Å². The summed E-state index contributed by atoms with van der Waals surface area (Å²) in [5.41, 5.74) is 1.38. The highest BCUT2D eigenvalue weighted by atomic mass is 32.2. The molecule has 3 rings (SSSR count). The quantitative estimate of drug-likeness (QED) is 0.622. The summed E-state index contributed by atoms with van der Waals surface area (Å²) in [6.07, 6.45) is 0. The number of carbonyl (C=O) groups excluding carboxylic acids is 1. The third-order valence-corrected chi connectivity index (χ3v) is 5.64. The SMILES string of the molecule is COc1ccc(OC)c(-c2nnc(NC(=O)CS(=O)(=O)c3ccc(C)cc3)o2)c1. The molecule has 0 aliphatic heterocycles. The molecule has 0 aliphatic carbocycles. The smallest absolute Gasteiger partial charge is 0.322 e. The summed E-state index contributed by atoms with van der Waals surface area (Å²) >= 11 is 0. The number of methoxy groups -OCH3 is 2. The van der Waals surface area contributed by atoms with E-state index in [1.807, 2.05) is 6.92 Å². The highest BCUT2D eigenvalue weighted by Gasteiger charge is 2.21. The van der Waals surface area contributed by atoms with Crippen LogP contribution >= 0.6 is 0 Å². The standard InChI is InChI=1S/C19H19N3O6S/c1-12-4-7-14(8-5-12)29(24,25)11-17(23)20-19-22-21-18(28-19)15-10-13(26-2)6-9-16(15)27-3/h4-10H,11H2,1-3H3,(H,20,22,23). The van der Waals surface area contributed by atoms with E-state index >= 15 is 0 Å². The van der Waals surface area contributed by atoms with Gasteiger partial charge in [0.2, 0.25) is 5.91 Å². The second-order valence-electron chi connectivity index (χ2n) is 6.10. The number of aromatic nitrogens is 2. The normalized spacial score (nSPS) is 11.1. The number of anilines is 1. The van der Waals surface area contributed by atoms with E-state index in [1.54, 1.807) is 30.3 Å². The Morgan fingerprint density at radius 2 is 1.79 bits per heavy atom. The molecule has 0 bridgehead atoms. The lowest BCUT2D eigenvalue weighted by molar-refractivity contribution is -0.114. The zero-order valence-corrected chi connectivity index (χ0v) is 16.8. The molecule has 0 fully saturated rings. The predicted octanol–water partition coefficient (Wildman–Crippen LogP) is 2.47. The number of ether oxygens (including phenoxy) is 2. The molecule has 152 valence electrons. The number of amides is 1. The lowest BCUT2D eigenvalue weighted by Gasteiger charge is -2.07. The number of carbonyl (C=O) groups is 1. The minimum Gasteiger partial charge on any atom is -0.497 e. The third-order valence-electron chi connectivity index (χ3n) is 4.01. The van der Waals surface area contributed by atoms with Gasteiger partial charge < -0.3 is 13.9 Å². The lowest BCUT2D eigenvalue weighted by atomic mass is 10.2. The Kier molecular flexibility index (Phi) is 5.83. The van der Waals surface area contributed by atoms with Crippen LogP contribution in [0.2, 0.25) is 0 Å². The zero-order chi connectivity index (χ0) is 21.0. The summed E-state index contributed by atoms with van der Waals surface area (Å²) in [6.45, 7) is 1.84. The van der Waals surface area contributed by atoms with Crippen LogP contribution < -0.4 is 14.8 Å². The van der Waals surface area contributed by atoms with Gasteiger partial charge in [-0.2, -0.15) is 0 Å². The summed E-state index contributed by atoms with van der Waals surface area (Å²) in [5, 5.41) is 9.91. The van der Waals surface area contributed by atoms with Gasteiger partial charge in [0.1, 0.15) is 17.3 Å². The van der Waals surface area contributed by atoms with E-state index in [4.69, 9.17) is 13.9 Å². The summed E-state index contributed by atoms with van der Waals surface area (Å²) in [4.78, 5) is 12.2. The van der Waals surface area contributed by atoms with Gasteiger partial charge in [-0.25, -0.2) is 8.42 Å². The first kappa shape index (κ1) is 20.3. The Balaban J connectivity index is 1.75. The van der Waals surface area contributed by atoms with E-state index < -0.39 is 21.5 Å². The fraction of sp³-hybridized carbons (Fsp3) is 0.211. The first-order valence-corrected chi connectivity index (χ1v) is 10.1. The Morgan fingerprint density at radius 1 is 1.07 bits per heavy atom. The average Bonchev–Trinajstić information content (AvgIpc) is 3.15. The molecule has 1 heterocycles. The van der Waals surface area contributed by atoms with E-state index in [0.717, 1.165) is 5.56 Å². The maximum Gasteiger partial charge on any atom is 0.322 e. The maximum atomic E-state index is 12.4. The van der Waals surface area contributed by atoms with Crippen LogP contribution in [-0.2, 0) is 14.6 Å². The molecule has 0 spiro atoms. The molecular weight excluding hydrogens is 398 g/mol. The van der Waals surface area contributed by atoms with Crippen molar-refractivity contribution in [1.29, 1.82) is 0 Å². The van der Waals surface area contributed by atoms with Crippen molar-refractivity contribution in [2.75, 3.05) is 25.3 Å². The zero-order valence-electron chi connectivity index (χ0n) is 16.0. The largest absolute Gasteiger partial charge is 0.497 e. The molecule has 1 aromatic heterocycles. The number of nitrogens with zero attached hydrogens (tertiary/aromatic N) is 2. The number of nitrogens with one attached hydrogen (secondary N) is 1. The number of rotatable bonds is 7. The van der Waals surface area contributed by atoms with E-state index in [2.05, 4.69) is 15.5 Å². The maximum absolute atomic E-state index is 12.4. The molecule has 1 amide bonds. The van der Waals surface area contributed by atoms with Crippen LogP contribution in [0.5, 0.6) is 11.5 Å². The van der Waals surface area contributed by atoms with E-state index in [9.17, 15) is 13.2 Å². The second-order valence-corrected chi connectivity index (χ2v) is 8.09. The molecule has 0 aliphatic rings. The van der Waals surface area contributed by atoms with Crippen molar-refractivity contribution in [3.63, 3.8) is 0 Å². The van der Waals surface area contributed by atoms with Crippen molar-refractivity contribution in [1.82, 2.24) is 10.2 Å². The van der Waals surface area contributed by atoms with Gasteiger partial charge in [-0.15, -0.1) is 5.10 Å². The van der Waals surface area contributed by atoms with Crippen molar-refractivity contribution < 1.29 is 27.1 Å². The summed E-state index contributed by atoms with van der Waals surface area (Å²) in [5.74, 6) is -0.449. The molecule has 2 aromatic carbocycles. The molecule has 0 saturated heterocycles. The molecule has 0 unspecified atom stereocenters. The van der Waals surface area contributed by atoms with Gasteiger partial charge >= 0.3 is 6.01 Å². The molecule has 10 heteroatoms. The fourth-order valence-electron chi connectivity index (χ4n) is 2.52. The molecule has 1 N–H and O–H groups in total. The van der Waals surface area contributed by atoms with Gasteiger partial charge in [0.25, 0.3) is 5.89 Å². The molecule has 29 heavy (non-hydrogen) atoms. The van der Waals surface area contributed by atoms with Crippen molar-refractivity contribution in [3.05, 3.63) is 48.0 Å². The second kappa shape index (κ2) is 8.31. The Labute approximate surface area is 167 Å². The monoisotopic (exact) mass is 417 g/mol. The number of benzene rings is 2. The Hall–Kier alpha value is -3.40. The van der Waals surface area contributed by atoms with Crippen molar-refractivity contribution in [2.24, 2.45) is 0 Å². The van der Waals surface area contributed by atoms with Crippen LogP contribution in [0, 0.1) is 6.92 Å². The molecule has 0 saturated carbocycles. The number of aryl methyl sites for hydroxylation is 1. The van der Waals surface area contributed by atoms with Gasteiger partial charge in [-0.05, 0) is 37.3 Å². The summed E-state index contributed by atoms with van der Waals surface area (Å²) in [7, 11) is -0.800. The van der Waals surface area contributed by atoms with Crippen LogP contribution in [0.1, 0.15) is 5.56 Å². The summed E-state index contributed by atoms with van der Waals surface area (Å²) in [6, 6.07) is 11.0.